The van der Waals surface area contributed by atoms with E-state index in [1.807, 2.05) is 0 Å². The van der Waals surface area contributed by atoms with Crippen molar-refractivity contribution in [1.29, 1.82) is 0 Å². The van der Waals surface area contributed by atoms with Gasteiger partial charge in [-0.2, -0.15) is 0 Å². The summed E-state index contributed by atoms with van der Waals surface area (Å²) in [6.45, 7) is 6.88. The van der Waals surface area contributed by atoms with Crippen LogP contribution in [-0.2, 0) is 48.3 Å². The maximum Gasteiger partial charge on any atom is 0.367 e. The Balaban J connectivity index is 1.96. The summed E-state index contributed by atoms with van der Waals surface area (Å²) in [5.74, 6) is -6.78. The van der Waals surface area contributed by atoms with Gasteiger partial charge in [0.2, 0.25) is 12.5 Å². The summed E-state index contributed by atoms with van der Waals surface area (Å²) in [5, 5.41) is 12.4. The summed E-state index contributed by atoms with van der Waals surface area (Å²) in [6.07, 6.45) is 0.0495. The van der Waals surface area contributed by atoms with Gasteiger partial charge in [-0.1, -0.05) is 13.0 Å². The van der Waals surface area contributed by atoms with Gasteiger partial charge in [-0.15, -0.1) is 0 Å². The zero-order chi connectivity index (χ0) is 30.8. The van der Waals surface area contributed by atoms with Crippen molar-refractivity contribution in [1.82, 2.24) is 0 Å². The van der Waals surface area contributed by atoms with Crippen molar-refractivity contribution in [3.05, 3.63) is 40.5 Å². The lowest BCUT2D eigenvalue weighted by Crippen LogP contribution is -2.75. The van der Waals surface area contributed by atoms with Gasteiger partial charge in [0.1, 0.15) is 23.7 Å². The monoisotopic (exact) mass is 588 g/mol. The van der Waals surface area contributed by atoms with Crippen molar-refractivity contribution in [3.63, 3.8) is 0 Å². The van der Waals surface area contributed by atoms with Crippen LogP contribution in [-0.4, -0.2) is 74.1 Å². The van der Waals surface area contributed by atoms with Crippen LogP contribution in [0.5, 0.6) is 17.2 Å². The van der Waals surface area contributed by atoms with Crippen LogP contribution in [0.1, 0.15) is 51.8 Å². The summed E-state index contributed by atoms with van der Waals surface area (Å²) in [5.41, 5.74) is -3.32. The molecule has 1 spiro atoms. The van der Waals surface area contributed by atoms with Gasteiger partial charge in [0.25, 0.3) is 5.79 Å². The third kappa shape index (κ3) is 3.83. The van der Waals surface area contributed by atoms with E-state index in [1.165, 1.54) is 26.8 Å². The molecule has 0 saturated carbocycles. The number of aliphatic hydroxyl groups is 1. The zero-order valence-corrected chi connectivity index (χ0v) is 24.2. The molecule has 1 aromatic carbocycles. The predicted octanol–water partition coefficient (Wildman–Crippen LogP) is 1.93. The maximum absolute atomic E-state index is 13.6. The molecule has 1 aliphatic carbocycles. The molecule has 0 radical (unpaired) electrons. The predicted molar refractivity (Wildman–Crippen MR) is 139 cm³/mol. The summed E-state index contributed by atoms with van der Waals surface area (Å²) < 4.78 is 45.7. The van der Waals surface area contributed by atoms with Crippen molar-refractivity contribution in [2.24, 2.45) is 5.92 Å². The van der Waals surface area contributed by atoms with Crippen LogP contribution in [0.4, 0.5) is 0 Å². The van der Waals surface area contributed by atoms with Crippen LogP contribution in [0.25, 0.3) is 0 Å². The third-order valence-corrected chi connectivity index (χ3v) is 8.63. The number of methoxy groups -OCH3 is 2. The Kier molecular flexibility index (Phi) is 7.01. The van der Waals surface area contributed by atoms with Crippen LogP contribution in [0, 0.1) is 5.92 Å². The van der Waals surface area contributed by atoms with E-state index in [0.717, 1.165) is 20.3 Å². The Morgan fingerprint density at radius 2 is 1.76 bits per heavy atom. The molecule has 13 nitrogen and oxygen atoms in total. The van der Waals surface area contributed by atoms with Crippen LogP contribution in [0.3, 0.4) is 0 Å². The second-order valence-corrected chi connectivity index (χ2v) is 10.7. The molecular weight excluding hydrogens is 556 g/mol. The summed E-state index contributed by atoms with van der Waals surface area (Å²) in [7, 11) is 2.21. The highest BCUT2D eigenvalue weighted by atomic mass is 16.7. The summed E-state index contributed by atoms with van der Waals surface area (Å²) in [6, 6.07) is 1.57. The minimum atomic E-state index is -2.85. The largest absolute Gasteiger partial charge is 0.488 e. The molecule has 0 aromatic heterocycles. The highest BCUT2D eigenvalue weighted by Crippen LogP contribution is 2.67. The number of ether oxygens (including phenoxy) is 8. The minimum Gasteiger partial charge on any atom is -0.488 e. The molecule has 42 heavy (non-hydrogen) atoms. The van der Waals surface area contributed by atoms with Gasteiger partial charge < -0.3 is 43.0 Å². The highest BCUT2D eigenvalue weighted by Gasteiger charge is 2.77. The number of fused-ring (bicyclic) bond motifs is 5. The second kappa shape index (κ2) is 10.0. The molecule has 13 heteroatoms. The molecule has 0 unspecified atom stereocenters. The molecule has 226 valence electrons. The lowest BCUT2D eigenvalue weighted by Gasteiger charge is -2.59. The van der Waals surface area contributed by atoms with Crippen LogP contribution in [0.2, 0.25) is 0 Å². The Labute approximate surface area is 241 Å². The number of allylic oxidation sites excluding steroid dienone is 1. The minimum absolute atomic E-state index is 0.0553. The number of benzene rings is 1. The topological polar surface area (TPSA) is 162 Å². The van der Waals surface area contributed by atoms with Gasteiger partial charge in [-0.05, 0) is 26.8 Å². The van der Waals surface area contributed by atoms with Gasteiger partial charge in [0.15, 0.2) is 17.6 Å². The Bertz CT molecular complexity index is 1440. The van der Waals surface area contributed by atoms with Crippen molar-refractivity contribution in [2.75, 3.05) is 27.6 Å². The fourth-order valence-corrected chi connectivity index (χ4v) is 6.25. The first-order valence-corrected chi connectivity index (χ1v) is 13.2. The number of carbonyl (C=O) groups is 4. The van der Waals surface area contributed by atoms with Gasteiger partial charge in [-0.3, -0.25) is 4.79 Å². The molecule has 5 aliphatic rings. The quantitative estimate of drug-likeness (QED) is 0.302. The number of rotatable bonds is 5. The Morgan fingerprint density at radius 1 is 1.05 bits per heavy atom. The molecule has 1 N–H and O–H groups in total. The lowest BCUT2D eigenvalue weighted by molar-refractivity contribution is -0.338. The number of carbonyl (C=O) groups excluding carboxylic acids is 4. The van der Waals surface area contributed by atoms with E-state index in [1.54, 1.807) is 19.9 Å². The first kappa shape index (κ1) is 29.4. The fraction of sp³-hybridized carbons (Fsp3) is 0.517. The van der Waals surface area contributed by atoms with Crippen LogP contribution < -0.4 is 14.2 Å². The molecule has 4 aliphatic heterocycles. The molecule has 4 heterocycles. The molecule has 0 amide bonds. The average molecular weight is 589 g/mol. The van der Waals surface area contributed by atoms with Crippen molar-refractivity contribution < 1.29 is 62.2 Å². The van der Waals surface area contributed by atoms with Crippen molar-refractivity contribution in [3.8, 4) is 17.2 Å². The van der Waals surface area contributed by atoms with E-state index in [4.69, 9.17) is 37.9 Å². The van der Waals surface area contributed by atoms with Crippen LogP contribution >= 0.6 is 0 Å². The number of hydrogen-bond donors (Lipinski definition) is 1. The lowest BCUT2D eigenvalue weighted by atomic mass is 9.56. The first-order chi connectivity index (χ1) is 19.8. The molecule has 6 atom stereocenters. The van der Waals surface area contributed by atoms with Crippen molar-refractivity contribution in [2.45, 2.75) is 63.6 Å². The average Bonchev–Trinajstić information content (AvgIpc) is 3.60. The van der Waals surface area contributed by atoms with Gasteiger partial charge in [0.05, 0.1) is 14.2 Å². The molecular formula is C29H32O13. The fourth-order valence-electron chi connectivity index (χ4n) is 6.25. The summed E-state index contributed by atoms with van der Waals surface area (Å²) >= 11 is 0. The zero-order valence-electron chi connectivity index (χ0n) is 24.2. The van der Waals surface area contributed by atoms with E-state index in [2.05, 4.69) is 0 Å². The number of esters is 4. The van der Waals surface area contributed by atoms with Gasteiger partial charge in [-0.25, -0.2) is 14.4 Å². The smallest absolute Gasteiger partial charge is 0.367 e. The maximum atomic E-state index is 13.6. The van der Waals surface area contributed by atoms with E-state index in [-0.39, 0.29) is 40.8 Å². The molecule has 1 aromatic rings. The molecule has 6 rings (SSSR count). The van der Waals surface area contributed by atoms with Crippen LogP contribution in [0.15, 0.2) is 29.4 Å². The standard InChI is InChI=1S/C29H32O13/c1-8-13(2)25(32)41-24-17(10-19(31)35-6)28-11-37-23-20(28)16(9-18-22(23)39-12-38-18)21(40-15(4)30)14(3)27(24,5)42-29(28,34)26(33)36-7/h8-10,14,21,24,34H,11-12H2,1-7H3/b13-8-,17-10?/t14-,21+,24-,27-,28-,29-/m0/s1. The highest BCUT2D eigenvalue weighted by molar-refractivity contribution is 5.91. The SMILES string of the molecule is C/C=C(/C)C(=O)O[C@H]1C(=CC(=O)OC)[C@@]23COc4c5c(cc(c42)[C@H](OC(C)=O)[C@H](C)[C@]1(C)O[C@@]3(O)C(=O)OC)OCO5. The number of hydrogen-bond acceptors (Lipinski definition) is 13. The van der Waals surface area contributed by atoms with E-state index in [9.17, 15) is 24.3 Å². The van der Waals surface area contributed by atoms with Gasteiger partial charge in [0, 0.05) is 41.2 Å². The van der Waals surface area contributed by atoms with E-state index < -0.39 is 65.4 Å². The Morgan fingerprint density at radius 3 is 2.38 bits per heavy atom. The molecule has 2 bridgehead atoms. The van der Waals surface area contributed by atoms with E-state index in [0.29, 0.717) is 5.56 Å². The Hall–Kier alpha value is -4.10. The first-order valence-electron chi connectivity index (χ1n) is 13.2. The molecule has 1 fully saturated rings. The van der Waals surface area contributed by atoms with Crippen molar-refractivity contribution >= 4 is 23.9 Å². The molecule has 1 saturated heterocycles. The summed E-state index contributed by atoms with van der Waals surface area (Å²) in [4.78, 5) is 52.3. The normalized spacial score (nSPS) is 33.2. The van der Waals surface area contributed by atoms with E-state index >= 15 is 0 Å². The second-order valence-electron chi connectivity index (χ2n) is 10.7. The third-order valence-electron chi connectivity index (χ3n) is 8.63. The van der Waals surface area contributed by atoms with Gasteiger partial charge >= 0.3 is 23.9 Å².